The number of carbonyl (C=O) groups is 3. The van der Waals surface area contributed by atoms with Gasteiger partial charge < -0.3 is 14.8 Å². The predicted molar refractivity (Wildman–Crippen MR) is 107 cm³/mol. The van der Waals surface area contributed by atoms with Crippen LogP contribution in [-0.4, -0.2) is 30.9 Å². The summed E-state index contributed by atoms with van der Waals surface area (Å²) >= 11 is 0. The highest BCUT2D eigenvalue weighted by Gasteiger charge is 2.11. The Bertz CT molecular complexity index is 873. The van der Waals surface area contributed by atoms with E-state index in [1.54, 1.807) is 24.3 Å². The summed E-state index contributed by atoms with van der Waals surface area (Å²) in [4.78, 5) is 35.2. The third kappa shape index (κ3) is 6.23. The van der Waals surface area contributed by atoms with Gasteiger partial charge in [-0.1, -0.05) is 38.1 Å². The zero-order valence-electron chi connectivity index (χ0n) is 16.6. The SMILES string of the molecule is CC(=O)c1cccc(NC(=O)COC(=O)COc2cc(C(C)C)ccc2C)c1. The average molecular weight is 383 g/mol. The molecule has 0 atom stereocenters. The molecule has 0 spiro atoms. The highest BCUT2D eigenvalue weighted by Crippen LogP contribution is 2.24. The number of hydrogen-bond acceptors (Lipinski definition) is 5. The lowest BCUT2D eigenvalue weighted by molar-refractivity contribution is -0.149. The highest BCUT2D eigenvalue weighted by atomic mass is 16.6. The molecule has 0 bridgehead atoms. The third-order valence-corrected chi connectivity index (χ3v) is 4.14. The number of hydrogen-bond donors (Lipinski definition) is 1. The molecule has 6 heteroatoms. The molecule has 2 rings (SSSR count). The number of Topliss-reactive ketones (excluding diaryl/α,β-unsaturated/α-hetero) is 1. The molecule has 0 aliphatic heterocycles. The molecule has 2 aromatic carbocycles. The molecule has 0 saturated heterocycles. The van der Waals surface area contributed by atoms with Gasteiger partial charge in [0.2, 0.25) is 0 Å². The largest absolute Gasteiger partial charge is 0.482 e. The van der Waals surface area contributed by atoms with E-state index in [-0.39, 0.29) is 12.4 Å². The maximum Gasteiger partial charge on any atom is 0.344 e. The molecular weight excluding hydrogens is 358 g/mol. The van der Waals surface area contributed by atoms with Crippen LogP contribution >= 0.6 is 0 Å². The zero-order valence-corrected chi connectivity index (χ0v) is 16.6. The number of aryl methyl sites for hydroxylation is 1. The van der Waals surface area contributed by atoms with Crippen LogP contribution in [-0.2, 0) is 14.3 Å². The second kappa shape index (κ2) is 9.69. The van der Waals surface area contributed by atoms with Crippen molar-refractivity contribution in [2.75, 3.05) is 18.5 Å². The number of anilines is 1. The van der Waals surface area contributed by atoms with Gasteiger partial charge in [0.05, 0.1) is 0 Å². The average Bonchev–Trinajstić information content (AvgIpc) is 2.65. The van der Waals surface area contributed by atoms with Gasteiger partial charge in [0.15, 0.2) is 19.0 Å². The number of amides is 1. The number of ether oxygens (including phenoxy) is 2. The molecule has 0 heterocycles. The van der Waals surface area contributed by atoms with Gasteiger partial charge in [-0.15, -0.1) is 0 Å². The Morgan fingerprint density at radius 2 is 1.79 bits per heavy atom. The predicted octanol–water partition coefficient (Wildman–Crippen LogP) is 3.88. The van der Waals surface area contributed by atoms with Crippen LogP contribution in [0.4, 0.5) is 5.69 Å². The van der Waals surface area contributed by atoms with Crippen molar-refractivity contribution in [1.82, 2.24) is 0 Å². The minimum absolute atomic E-state index is 0.100. The van der Waals surface area contributed by atoms with Gasteiger partial charge in [-0.25, -0.2) is 4.79 Å². The molecule has 0 fully saturated rings. The molecule has 0 unspecified atom stereocenters. The van der Waals surface area contributed by atoms with Crippen LogP contribution < -0.4 is 10.1 Å². The van der Waals surface area contributed by atoms with Gasteiger partial charge in [0, 0.05) is 11.3 Å². The fraction of sp³-hybridized carbons (Fsp3) is 0.318. The van der Waals surface area contributed by atoms with E-state index in [9.17, 15) is 14.4 Å². The Morgan fingerprint density at radius 3 is 2.46 bits per heavy atom. The lowest BCUT2D eigenvalue weighted by Gasteiger charge is -2.12. The maximum atomic E-state index is 11.9. The summed E-state index contributed by atoms with van der Waals surface area (Å²) in [6.07, 6.45) is 0. The summed E-state index contributed by atoms with van der Waals surface area (Å²) in [6.45, 7) is 6.78. The van der Waals surface area contributed by atoms with E-state index in [1.165, 1.54) is 6.92 Å². The van der Waals surface area contributed by atoms with Gasteiger partial charge in [-0.05, 0) is 49.1 Å². The van der Waals surface area contributed by atoms with Crippen molar-refractivity contribution in [2.24, 2.45) is 0 Å². The number of carbonyl (C=O) groups excluding carboxylic acids is 3. The minimum atomic E-state index is -0.637. The van der Waals surface area contributed by atoms with Crippen LogP contribution in [0.25, 0.3) is 0 Å². The van der Waals surface area contributed by atoms with Crippen molar-refractivity contribution in [1.29, 1.82) is 0 Å². The Balaban J connectivity index is 1.82. The van der Waals surface area contributed by atoms with Crippen molar-refractivity contribution in [3.05, 3.63) is 59.2 Å². The van der Waals surface area contributed by atoms with E-state index >= 15 is 0 Å². The lowest BCUT2D eigenvalue weighted by atomic mass is 10.0. The molecule has 0 aliphatic rings. The number of nitrogens with one attached hydrogen (secondary N) is 1. The van der Waals surface area contributed by atoms with Crippen molar-refractivity contribution >= 4 is 23.3 Å². The summed E-state index contributed by atoms with van der Waals surface area (Å²) in [7, 11) is 0. The van der Waals surface area contributed by atoms with E-state index in [2.05, 4.69) is 19.2 Å². The Kier molecular flexibility index (Phi) is 7.32. The van der Waals surface area contributed by atoms with Crippen molar-refractivity contribution in [3.8, 4) is 5.75 Å². The molecule has 1 N–H and O–H groups in total. The van der Waals surface area contributed by atoms with E-state index in [0.29, 0.717) is 22.9 Å². The lowest BCUT2D eigenvalue weighted by Crippen LogP contribution is -2.23. The number of rotatable bonds is 8. The normalized spacial score (nSPS) is 10.5. The van der Waals surface area contributed by atoms with E-state index in [0.717, 1.165) is 11.1 Å². The molecule has 2 aromatic rings. The topological polar surface area (TPSA) is 81.7 Å². The van der Waals surface area contributed by atoms with Crippen LogP contribution in [0.15, 0.2) is 42.5 Å². The minimum Gasteiger partial charge on any atom is -0.482 e. The van der Waals surface area contributed by atoms with E-state index in [1.807, 2.05) is 25.1 Å². The van der Waals surface area contributed by atoms with Crippen LogP contribution in [0.2, 0.25) is 0 Å². The standard InChI is InChI=1S/C22H25NO5/c1-14(2)17-9-8-15(3)20(11-17)27-13-22(26)28-12-21(25)23-19-7-5-6-18(10-19)16(4)24/h5-11,14H,12-13H2,1-4H3,(H,23,25). The monoisotopic (exact) mass is 383 g/mol. The second-order valence-corrected chi connectivity index (χ2v) is 6.81. The van der Waals surface area contributed by atoms with Gasteiger partial charge in [0.25, 0.3) is 5.91 Å². The Morgan fingerprint density at radius 1 is 1.04 bits per heavy atom. The third-order valence-electron chi connectivity index (χ3n) is 4.14. The molecule has 0 radical (unpaired) electrons. The smallest absolute Gasteiger partial charge is 0.344 e. The molecule has 0 aliphatic carbocycles. The second-order valence-electron chi connectivity index (χ2n) is 6.81. The fourth-order valence-corrected chi connectivity index (χ4v) is 2.47. The quantitative estimate of drug-likeness (QED) is 0.553. The van der Waals surface area contributed by atoms with Crippen molar-refractivity contribution < 1.29 is 23.9 Å². The first-order chi connectivity index (χ1) is 13.3. The molecule has 1 amide bonds. The molecule has 0 saturated carbocycles. The fourth-order valence-electron chi connectivity index (χ4n) is 2.47. The first-order valence-electron chi connectivity index (χ1n) is 9.06. The molecule has 148 valence electrons. The van der Waals surface area contributed by atoms with Crippen molar-refractivity contribution in [3.63, 3.8) is 0 Å². The van der Waals surface area contributed by atoms with Crippen LogP contribution in [0, 0.1) is 6.92 Å². The van der Waals surface area contributed by atoms with Gasteiger partial charge in [-0.3, -0.25) is 9.59 Å². The van der Waals surface area contributed by atoms with Crippen molar-refractivity contribution in [2.45, 2.75) is 33.6 Å². The zero-order chi connectivity index (χ0) is 20.7. The molecule has 6 nitrogen and oxygen atoms in total. The van der Waals surface area contributed by atoms with Gasteiger partial charge in [0.1, 0.15) is 5.75 Å². The van der Waals surface area contributed by atoms with Gasteiger partial charge in [-0.2, -0.15) is 0 Å². The van der Waals surface area contributed by atoms with Crippen LogP contribution in [0.1, 0.15) is 48.2 Å². The summed E-state index contributed by atoms with van der Waals surface area (Å²) in [5.41, 5.74) is 2.98. The summed E-state index contributed by atoms with van der Waals surface area (Å²) in [6, 6.07) is 12.4. The number of esters is 1. The Hall–Kier alpha value is -3.15. The van der Waals surface area contributed by atoms with E-state index in [4.69, 9.17) is 9.47 Å². The number of benzene rings is 2. The highest BCUT2D eigenvalue weighted by molar-refractivity contribution is 5.97. The first-order valence-corrected chi connectivity index (χ1v) is 9.06. The summed E-state index contributed by atoms with van der Waals surface area (Å²) in [5, 5.41) is 2.59. The number of ketones is 1. The van der Waals surface area contributed by atoms with Crippen LogP contribution in [0.5, 0.6) is 5.75 Å². The Labute approximate surface area is 164 Å². The van der Waals surface area contributed by atoms with Gasteiger partial charge >= 0.3 is 5.97 Å². The summed E-state index contributed by atoms with van der Waals surface area (Å²) in [5.74, 6) is -0.265. The molecule has 0 aromatic heterocycles. The van der Waals surface area contributed by atoms with Crippen LogP contribution in [0.3, 0.4) is 0 Å². The molecular formula is C22H25NO5. The van der Waals surface area contributed by atoms with E-state index < -0.39 is 18.5 Å². The first kappa shape index (κ1) is 21.2. The summed E-state index contributed by atoms with van der Waals surface area (Å²) < 4.78 is 10.5. The molecule has 28 heavy (non-hydrogen) atoms. The maximum absolute atomic E-state index is 11.9.